The molecule has 4 heterocycles. The maximum Gasteiger partial charge on any atom is 0.199 e. The van der Waals surface area contributed by atoms with Crippen molar-refractivity contribution in [2.75, 3.05) is 26.4 Å². The number of aryl methyl sites for hydroxylation is 8. The molecule has 0 aromatic heterocycles. The number of hydrogen-bond acceptors (Lipinski definition) is 8. The molecule has 4 aromatic rings. The third-order valence-corrected chi connectivity index (χ3v) is 19.4. The van der Waals surface area contributed by atoms with Gasteiger partial charge in [0.05, 0.1) is 26.4 Å². The summed E-state index contributed by atoms with van der Waals surface area (Å²) in [4.78, 5) is 0. The second kappa shape index (κ2) is 23.1. The minimum atomic E-state index is -0.172. The van der Waals surface area contributed by atoms with E-state index in [1.807, 2.05) is 0 Å². The summed E-state index contributed by atoms with van der Waals surface area (Å²) in [5.74, 6) is 5.16. The Balaban J connectivity index is 0.933. The van der Waals surface area contributed by atoms with Gasteiger partial charge in [-0.05, 0) is 242 Å². The smallest absolute Gasteiger partial charge is 0.199 e. The lowest BCUT2D eigenvalue weighted by molar-refractivity contribution is -0.106. The van der Waals surface area contributed by atoms with Crippen molar-refractivity contribution in [1.29, 1.82) is 0 Å². The molecular weight excluding hydrogens is 933 g/mol. The van der Waals surface area contributed by atoms with Gasteiger partial charge in [-0.3, -0.25) is 0 Å². The molecule has 4 saturated heterocycles. The Labute approximate surface area is 451 Å². The first kappa shape index (κ1) is 54.3. The fourth-order valence-electron chi connectivity index (χ4n) is 14.9. The molecule has 4 atom stereocenters. The van der Waals surface area contributed by atoms with E-state index >= 15 is 0 Å². The molecule has 0 N–H and O–H groups in total. The fourth-order valence-corrected chi connectivity index (χ4v) is 14.9. The van der Waals surface area contributed by atoms with Crippen molar-refractivity contribution in [2.24, 2.45) is 17.3 Å². The van der Waals surface area contributed by atoms with Crippen molar-refractivity contribution in [1.82, 2.24) is 0 Å². The van der Waals surface area contributed by atoms with Gasteiger partial charge in [-0.15, -0.1) is 0 Å². The van der Waals surface area contributed by atoms with E-state index in [4.69, 9.17) is 37.9 Å². The summed E-state index contributed by atoms with van der Waals surface area (Å²) in [5.41, 5.74) is 15.2. The van der Waals surface area contributed by atoms with Crippen LogP contribution in [0.2, 0.25) is 0 Å². The Morgan fingerprint density at radius 2 is 0.547 bits per heavy atom. The van der Waals surface area contributed by atoms with E-state index in [1.54, 1.807) is 0 Å². The van der Waals surface area contributed by atoms with Crippen molar-refractivity contribution in [3.05, 3.63) is 115 Å². The first-order chi connectivity index (χ1) is 36.1. The Bertz CT molecular complexity index is 2160. The van der Waals surface area contributed by atoms with Crippen LogP contribution in [0.4, 0.5) is 0 Å². The van der Waals surface area contributed by atoms with Gasteiger partial charge in [0.1, 0.15) is 23.0 Å². The minimum Gasteiger partial charge on any atom is -0.464 e. The van der Waals surface area contributed by atoms with Gasteiger partial charge in [0.2, 0.25) is 0 Å². The number of benzene rings is 4. The minimum absolute atomic E-state index is 0.136. The highest BCUT2D eigenvalue weighted by Crippen LogP contribution is 2.58. The zero-order valence-electron chi connectivity index (χ0n) is 47.8. The van der Waals surface area contributed by atoms with E-state index in [-0.39, 0.29) is 41.4 Å². The number of hydrogen-bond donors (Lipinski definition) is 0. The second-order valence-corrected chi connectivity index (χ2v) is 24.9. The molecule has 0 spiro atoms. The summed E-state index contributed by atoms with van der Waals surface area (Å²) in [6, 6.07) is 19.7. The summed E-state index contributed by atoms with van der Waals surface area (Å²) in [7, 11) is 0. The van der Waals surface area contributed by atoms with Crippen LogP contribution in [0.3, 0.4) is 0 Å². The highest BCUT2D eigenvalue weighted by atomic mass is 16.7. The van der Waals surface area contributed by atoms with Crippen molar-refractivity contribution >= 4 is 0 Å². The molecule has 6 aliphatic rings. The first-order valence-corrected chi connectivity index (χ1v) is 29.7. The van der Waals surface area contributed by atoms with Crippen molar-refractivity contribution in [2.45, 2.75) is 234 Å². The average molecular weight is 1030 g/mol. The Morgan fingerprint density at radius 3 is 0.733 bits per heavy atom. The third-order valence-electron chi connectivity index (χ3n) is 19.4. The molecule has 0 radical (unpaired) electrons. The lowest BCUT2D eigenvalue weighted by Gasteiger charge is -2.52. The molecule has 4 aliphatic heterocycles. The van der Waals surface area contributed by atoms with Crippen LogP contribution < -0.4 is 18.9 Å². The monoisotopic (exact) mass is 1020 g/mol. The van der Waals surface area contributed by atoms with E-state index < -0.39 is 0 Å². The van der Waals surface area contributed by atoms with Gasteiger partial charge < -0.3 is 37.9 Å². The predicted octanol–water partition coefficient (Wildman–Crippen LogP) is 16.5. The first-order valence-electron chi connectivity index (χ1n) is 29.7. The average Bonchev–Trinajstić information content (AvgIpc) is 3.41. The van der Waals surface area contributed by atoms with E-state index in [0.717, 1.165) is 152 Å². The molecule has 6 fully saturated rings. The maximum absolute atomic E-state index is 6.64. The van der Waals surface area contributed by atoms with Gasteiger partial charge in [-0.25, -0.2) is 0 Å². The van der Waals surface area contributed by atoms with Crippen LogP contribution in [0.25, 0.3) is 0 Å². The topological polar surface area (TPSA) is 73.8 Å². The predicted molar refractivity (Wildman–Crippen MR) is 300 cm³/mol. The molecule has 10 rings (SSSR count). The van der Waals surface area contributed by atoms with Gasteiger partial charge in [0.25, 0.3) is 0 Å². The quantitative estimate of drug-likeness (QED) is 0.124. The number of rotatable bonds is 14. The highest BCUT2D eigenvalue weighted by Gasteiger charge is 2.49. The summed E-state index contributed by atoms with van der Waals surface area (Å²) in [6.07, 6.45) is 21.2. The lowest BCUT2D eigenvalue weighted by Crippen LogP contribution is -2.43. The summed E-state index contributed by atoms with van der Waals surface area (Å²) in [6.45, 7) is 26.3. The van der Waals surface area contributed by atoms with E-state index in [2.05, 4.69) is 118 Å². The Hall–Kier alpha value is -4.08. The van der Waals surface area contributed by atoms with Crippen LogP contribution in [0, 0.1) is 72.6 Å². The normalized spacial score (nSPS) is 28.9. The molecule has 4 aromatic carbocycles. The van der Waals surface area contributed by atoms with E-state index in [9.17, 15) is 0 Å². The summed E-state index contributed by atoms with van der Waals surface area (Å²) < 4.78 is 50.9. The Morgan fingerprint density at radius 1 is 0.333 bits per heavy atom. The molecule has 2 aliphatic carbocycles. The van der Waals surface area contributed by atoms with Gasteiger partial charge >= 0.3 is 0 Å². The lowest BCUT2D eigenvalue weighted by atomic mass is 9.53. The number of ether oxygens (including phenoxy) is 8. The summed E-state index contributed by atoms with van der Waals surface area (Å²) in [5, 5.41) is 0. The molecule has 0 amide bonds. The van der Waals surface area contributed by atoms with E-state index in [1.165, 1.54) is 92.4 Å². The molecule has 4 unspecified atom stereocenters. The third kappa shape index (κ3) is 11.4. The molecular formula is C67H92O8. The Kier molecular flexibility index (Phi) is 16.7. The van der Waals surface area contributed by atoms with Crippen molar-refractivity contribution in [3.63, 3.8) is 0 Å². The maximum atomic E-state index is 6.64. The van der Waals surface area contributed by atoms with Crippen LogP contribution in [0.1, 0.15) is 209 Å². The zero-order valence-corrected chi connectivity index (χ0v) is 47.8. The second-order valence-electron chi connectivity index (χ2n) is 24.9. The molecule has 408 valence electrons. The molecule has 8 nitrogen and oxygen atoms in total. The largest absolute Gasteiger partial charge is 0.464 e. The standard InChI is InChI=1S/C67H92O8/c1-43-35-53(36-44(2)61(43)72-57-19-11-15-31-68-57)66(54-37-45(3)62(46(4)38-54)73-58-20-12-16-32-69-58)27-23-51(24-28-66)65(9,10)52-25-29-67(30-26-52,55-39-47(5)63(48(6)40-55)74-59-21-13-17-33-70-59)56-41-49(7)64(50(8)42-56)75-60-22-14-18-34-71-60/h35-42,51-52,57-60H,11-34H2,1-10H3. The van der Waals surface area contributed by atoms with E-state index in [0.29, 0.717) is 11.8 Å². The van der Waals surface area contributed by atoms with Gasteiger partial charge in [0, 0.05) is 36.5 Å². The van der Waals surface area contributed by atoms with Gasteiger partial charge in [-0.2, -0.15) is 0 Å². The van der Waals surface area contributed by atoms with Crippen LogP contribution in [-0.4, -0.2) is 51.6 Å². The van der Waals surface area contributed by atoms with Crippen LogP contribution >= 0.6 is 0 Å². The van der Waals surface area contributed by atoms with Crippen LogP contribution in [-0.2, 0) is 29.8 Å². The van der Waals surface area contributed by atoms with Gasteiger partial charge in [-0.1, -0.05) is 62.4 Å². The highest BCUT2D eigenvalue weighted by molar-refractivity contribution is 5.55. The van der Waals surface area contributed by atoms with Gasteiger partial charge in [0.15, 0.2) is 25.2 Å². The van der Waals surface area contributed by atoms with Crippen LogP contribution in [0.15, 0.2) is 48.5 Å². The summed E-state index contributed by atoms with van der Waals surface area (Å²) >= 11 is 0. The zero-order chi connectivity index (χ0) is 52.5. The van der Waals surface area contributed by atoms with Crippen LogP contribution in [0.5, 0.6) is 23.0 Å². The molecule has 75 heavy (non-hydrogen) atoms. The van der Waals surface area contributed by atoms with Crippen molar-refractivity contribution < 1.29 is 37.9 Å². The SMILES string of the molecule is Cc1cc(C2(c3cc(C)c(OC4CCCCO4)c(C)c3)CCC(C(C)(C)C3CCC(c4cc(C)c(OC5CCCCO5)c(C)c4)(c4cc(C)c(OC5CCCCO5)c(C)c4)CC3)CC2)cc(C)c1OC1CCCCO1. The fraction of sp³-hybridized carbons (Fsp3) is 0.642. The molecule has 2 saturated carbocycles. The molecule has 0 bridgehead atoms. The molecule has 8 heteroatoms. The van der Waals surface area contributed by atoms with Crippen molar-refractivity contribution in [3.8, 4) is 23.0 Å².